The van der Waals surface area contributed by atoms with Crippen LogP contribution in [0.1, 0.15) is 11.1 Å². The second kappa shape index (κ2) is 5.20. The smallest absolute Gasteiger partial charge is 0.271 e. The highest BCUT2D eigenvalue weighted by atomic mass is 35.5. The molecule has 0 radical (unpaired) electrons. The minimum Gasteiger partial charge on any atom is -0.293 e. The van der Waals surface area contributed by atoms with Crippen molar-refractivity contribution in [2.24, 2.45) is 0 Å². The second-order valence-electron chi connectivity index (χ2n) is 4.51. The molecule has 3 nitrogen and oxygen atoms in total. The summed E-state index contributed by atoms with van der Waals surface area (Å²) in [6, 6.07) is 5.25. The summed E-state index contributed by atoms with van der Waals surface area (Å²) in [5.74, 6) is 0. The van der Waals surface area contributed by atoms with Gasteiger partial charge in [-0.15, -0.1) is 11.3 Å². The maximum Gasteiger partial charge on any atom is 0.271 e. The van der Waals surface area contributed by atoms with Crippen molar-refractivity contribution < 1.29 is 0 Å². The van der Waals surface area contributed by atoms with Gasteiger partial charge in [-0.3, -0.25) is 9.36 Å². The average molecular weight is 325 g/mol. The number of fused-ring (bicyclic) bond motifs is 1. The Hall–Kier alpha value is -1.36. The van der Waals surface area contributed by atoms with Crippen LogP contribution in [-0.2, 0) is 6.54 Å². The molecule has 1 aromatic carbocycles. The van der Waals surface area contributed by atoms with Gasteiger partial charge >= 0.3 is 0 Å². The molecule has 102 valence electrons. The third-order valence-corrected chi connectivity index (χ3v) is 4.74. The highest BCUT2D eigenvalue weighted by Gasteiger charge is 2.10. The molecule has 0 unspecified atom stereocenters. The van der Waals surface area contributed by atoms with E-state index >= 15 is 0 Å². The molecule has 2 aromatic heterocycles. The van der Waals surface area contributed by atoms with E-state index in [4.69, 9.17) is 23.2 Å². The van der Waals surface area contributed by atoms with Crippen LogP contribution in [0.3, 0.4) is 0 Å². The van der Waals surface area contributed by atoms with E-state index in [0.717, 1.165) is 16.6 Å². The molecule has 2 heterocycles. The Kier molecular flexibility index (Phi) is 3.54. The molecule has 0 saturated carbocycles. The molecule has 0 amide bonds. The summed E-state index contributed by atoms with van der Waals surface area (Å²) in [6.07, 6.45) is 1.56. The molecule has 0 N–H and O–H groups in total. The predicted molar refractivity (Wildman–Crippen MR) is 84.2 cm³/mol. The Morgan fingerprint density at radius 3 is 2.90 bits per heavy atom. The number of aryl methyl sites for hydroxylation is 1. The van der Waals surface area contributed by atoms with E-state index in [2.05, 4.69) is 4.98 Å². The molecule has 0 aliphatic heterocycles. The molecule has 20 heavy (non-hydrogen) atoms. The average Bonchev–Trinajstić information content (AvgIpc) is 2.78. The van der Waals surface area contributed by atoms with Gasteiger partial charge in [0.15, 0.2) is 0 Å². The number of thiophene rings is 1. The minimum absolute atomic E-state index is 0.0425. The van der Waals surface area contributed by atoms with Gasteiger partial charge in [-0.2, -0.15) is 0 Å². The van der Waals surface area contributed by atoms with Crippen LogP contribution in [0.25, 0.3) is 10.2 Å². The van der Waals surface area contributed by atoms with Crippen LogP contribution in [0.15, 0.2) is 34.7 Å². The number of aromatic nitrogens is 2. The Morgan fingerprint density at radius 1 is 1.35 bits per heavy atom. The van der Waals surface area contributed by atoms with Crippen LogP contribution in [0, 0.1) is 6.92 Å². The quantitative estimate of drug-likeness (QED) is 0.710. The van der Waals surface area contributed by atoms with Crippen LogP contribution in [0.2, 0.25) is 10.0 Å². The van der Waals surface area contributed by atoms with Crippen molar-refractivity contribution in [2.45, 2.75) is 13.5 Å². The van der Waals surface area contributed by atoms with Gasteiger partial charge in [-0.1, -0.05) is 29.3 Å². The van der Waals surface area contributed by atoms with Gasteiger partial charge in [-0.25, -0.2) is 4.98 Å². The molecular formula is C14H10Cl2N2OS. The van der Waals surface area contributed by atoms with Gasteiger partial charge < -0.3 is 0 Å². The van der Waals surface area contributed by atoms with Crippen molar-refractivity contribution in [1.29, 1.82) is 0 Å². The van der Waals surface area contributed by atoms with Gasteiger partial charge in [-0.05, 0) is 35.6 Å². The number of hydrogen-bond acceptors (Lipinski definition) is 3. The van der Waals surface area contributed by atoms with E-state index in [1.165, 1.54) is 11.3 Å². The summed E-state index contributed by atoms with van der Waals surface area (Å²) >= 11 is 13.4. The summed E-state index contributed by atoms with van der Waals surface area (Å²) in [5, 5.41) is 3.07. The lowest BCUT2D eigenvalue weighted by molar-refractivity contribution is 0.750. The molecule has 0 bridgehead atoms. The standard InChI is InChI=1S/C14H10Cl2N2OS/c1-8-6-20-13-12(8)17-7-18(14(13)19)5-9-2-3-10(15)4-11(9)16/h2-4,6-7H,5H2,1H3. The molecule has 3 rings (SSSR count). The van der Waals surface area contributed by atoms with Crippen LogP contribution in [0.5, 0.6) is 0 Å². The van der Waals surface area contributed by atoms with Crippen molar-refractivity contribution >= 4 is 44.8 Å². The lowest BCUT2D eigenvalue weighted by Crippen LogP contribution is -2.20. The van der Waals surface area contributed by atoms with Crippen LogP contribution in [0.4, 0.5) is 0 Å². The SMILES string of the molecule is Cc1csc2c(=O)n(Cc3ccc(Cl)cc3Cl)cnc12. The van der Waals surface area contributed by atoms with Crippen molar-refractivity contribution in [3.05, 3.63) is 61.4 Å². The number of hydrogen-bond donors (Lipinski definition) is 0. The van der Waals surface area contributed by atoms with E-state index in [1.807, 2.05) is 18.4 Å². The van der Waals surface area contributed by atoms with Gasteiger partial charge in [0.05, 0.1) is 18.4 Å². The summed E-state index contributed by atoms with van der Waals surface area (Å²) in [5.41, 5.74) is 2.60. The Balaban J connectivity index is 2.07. The highest BCUT2D eigenvalue weighted by Crippen LogP contribution is 2.22. The van der Waals surface area contributed by atoms with E-state index in [1.54, 1.807) is 23.0 Å². The molecule has 3 aromatic rings. The molecule has 0 fully saturated rings. The minimum atomic E-state index is -0.0425. The fourth-order valence-corrected chi connectivity index (χ4v) is 3.42. The van der Waals surface area contributed by atoms with E-state index in [9.17, 15) is 4.79 Å². The lowest BCUT2D eigenvalue weighted by atomic mass is 10.2. The van der Waals surface area contributed by atoms with Crippen LogP contribution < -0.4 is 5.56 Å². The summed E-state index contributed by atoms with van der Waals surface area (Å²) in [6.45, 7) is 2.33. The molecule has 0 spiro atoms. The van der Waals surface area contributed by atoms with Crippen LogP contribution in [-0.4, -0.2) is 9.55 Å². The first-order valence-corrected chi connectivity index (χ1v) is 7.57. The lowest BCUT2D eigenvalue weighted by Gasteiger charge is -2.07. The van der Waals surface area contributed by atoms with Crippen molar-refractivity contribution in [2.75, 3.05) is 0 Å². The van der Waals surface area contributed by atoms with Gasteiger partial charge in [0.25, 0.3) is 5.56 Å². The first-order valence-electron chi connectivity index (χ1n) is 5.93. The first kappa shape index (κ1) is 13.6. The summed E-state index contributed by atoms with van der Waals surface area (Å²) < 4.78 is 2.24. The molecule has 0 atom stereocenters. The zero-order chi connectivity index (χ0) is 14.3. The molecule has 0 saturated heterocycles. The normalized spacial score (nSPS) is 11.2. The molecular weight excluding hydrogens is 315 g/mol. The van der Waals surface area contributed by atoms with Crippen molar-refractivity contribution in [1.82, 2.24) is 9.55 Å². The third-order valence-electron chi connectivity index (χ3n) is 3.08. The first-order chi connectivity index (χ1) is 9.56. The number of rotatable bonds is 2. The van der Waals surface area contributed by atoms with E-state index in [-0.39, 0.29) is 5.56 Å². The van der Waals surface area contributed by atoms with Gasteiger partial charge in [0.1, 0.15) is 4.70 Å². The second-order valence-corrected chi connectivity index (χ2v) is 6.23. The zero-order valence-electron chi connectivity index (χ0n) is 10.6. The maximum absolute atomic E-state index is 12.4. The molecule has 0 aliphatic carbocycles. The zero-order valence-corrected chi connectivity index (χ0v) is 12.9. The third kappa shape index (κ3) is 2.35. The largest absolute Gasteiger partial charge is 0.293 e. The summed E-state index contributed by atoms with van der Waals surface area (Å²) in [7, 11) is 0. The van der Waals surface area contributed by atoms with Crippen molar-refractivity contribution in [3.8, 4) is 0 Å². The number of benzene rings is 1. The van der Waals surface area contributed by atoms with Crippen molar-refractivity contribution in [3.63, 3.8) is 0 Å². The highest BCUT2D eigenvalue weighted by molar-refractivity contribution is 7.17. The fraction of sp³-hybridized carbons (Fsp3) is 0.143. The Morgan fingerprint density at radius 2 is 2.15 bits per heavy atom. The Labute approximate surface area is 129 Å². The van der Waals surface area contributed by atoms with E-state index in [0.29, 0.717) is 21.3 Å². The molecule has 6 heteroatoms. The number of nitrogens with zero attached hydrogens (tertiary/aromatic N) is 2. The monoisotopic (exact) mass is 324 g/mol. The van der Waals surface area contributed by atoms with E-state index < -0.39 is 0 Å². The van der Waals surface area contributed by atoms with Gasteiger partial charge in [0, 0.05) is 10.0 Å². The fourth-order valence-electron chi connectivity index (χ4n) is 2.01. The topological polar surface area (TPSA) is 34.9 Å². The Bertz CT molecular complexity index is 854. The summed E-state index contributed by atoms with van der Waals surface area (Å²) in [4.78, 5) is 16.7. The van der Waals surface area contributed by atoms with Gasteiger partial charge in [0.2, 0.25) is 0 Å². The maximum atomic E-state index is 12.4. The predicted octanol–water partition coefficient (Wildman–Crippen LogP) is 4.12. The molecule has 0 aliphatic rings. The number of halogens is 2. The van der Waals surface area contributed by atoms with Crippen LogP contribution >= 0.6 is 34.5 Å².